The van der Waals surface area contributed by atoms with E-state index in [1.165, 1.54) is 12.1 Å². The number of amides is 3. The molecule has 0 saturated heterocycles. The average molecular weight is 354 g/mol. The van der Waals surface area contributed by atoms with Crippen LogP contribution < -0.4 is 10.6 Å². The first kappa shape index (κ1) is 17.2. The normalized spacial score (nSPS) is 15.5. The number of benzene rings is 1. The average Bonchev–Trinajstić information content (AvgIpc) is 3.15. The maximum atomic E-state index is 13.2. The molecule has 1 aliphatic rings. The van der Waals surface area contributed by atoms with Gasteiger partial charge in [0.05, 0.1) is 11.0 Å². The van der Waals surface area contributed by atoms with Gasteiger partial charge in [0.2, 0.25) is 11.7 Å². The Hall–Kier alpha value is -2.58. The lowest BCUT2D eigenvalue weighted by Gasteiger charge is -2.14. The smallest absolute Gasteiger partial charge is 0.335 e. The third kappa shape index (κ3) is 3.92. The SMILES string of the molecule is O=C(Cn1c(C(F)(F)F)nc2ccccc21)NC(=O)NC1CCCC1. The zero-order valence-corrected chi connectivity index (χ0v) is 13.3. The lowest BCUT2D eigenvalue weighted by molar-refractivity contribution is -0.147. The molecular weight excluding hydrogens is 337 g/mol. The minimum absolute atomic E-state index is 0.00705. The number of hydrogen-bond donors (Lipinski definition) is 2. The van der Waals surface area contributed by atoms with Crippen LogP contribution in [0.1, 0.15) is 31.5 Å². The van der Waals surface area contributed by atoms with E-state index in [0.717, 1.165) is 30.3 Å². The largest absolute Gasteiger partial charge is 0.449 e. The van der Waals surface area contributed by atoms with Crippen molar-refractivity contribution < 1.29 is 22.8 Å². The second kappa shape index (κ2) is 6.73. The summed E-state index contributed by atoms with van der Waals surface area (Å²) in [6.07, 6.45) is -1.01. The highest BCUT2D eigenvalue weighted by atomic mass is 19.4. The van der Waals surface area contributed by atoms with Gasteiger partial charge >= 0.3 is 12.2 Å². The van der Waals surface area contributed by atoms with Gasteiger partial charge < -0.3 is 9.88 Å². The molecule has 3 rings (SSSR count). The maximum Gasteiger partial charge on any atom is 0.449 e. The minimum Gasteiger partial charge on any atom is -0.335 e. The molecule has 1 aliphatic carbocycles. The second-order valence-corrected chi connectivity index (χ2v) is 6.01. The van der Waals surface area contributed by atoms with Crippen LogP contribution in [0.3, 0.4) is 0 Å². The molecule has 0 bridgehead atoms. The first-order valence-corrected chi connectivity index (χ1v) is 7.97. The van der Waals surface area contributed by atoms with Gasteiger partial charge in [-0.3, -0.25) is 10.1 Å². The number of alkyl halides is 3. The van der Waals surface area contributed by atoms with Gasteiger partial charge in [-0.2, -0.15) is 13.2 Å². The van der Waals surface area contributed by atoms with Gasteiger partial charge in [0, 0.05) is 6.04 Å². The molecule has 6 nitrogen and oxygen atoms in total. The Labute approximate surface area is 141 Å². The quantitative estimate of drug-likeness (QED) is 0.890. The lowest BCUT2D eigenvalue weighted by Crippen LogP contribution is -2.44. The number of aromatic nitrogens is 2. The Morgan fingerprint density at radius 3 is 2.56 bits per heavy atom. The molecule has 0 radical (unpaired) electrons. The number of halogens is 3. The predicted molar refractivity (Wildman–Crippen MR) is 83.7 cm³/mol. The summed E-state index contributed by atoms with van der Waals surface area (Å²) in [5, 5.41) is 4.74. The number of hydrogen-bond acceptors (Lipinski definition) is 3. The number of imide groups is 1. The monoisotopic (exact) mass is 354 g/mol. The van der Waals surface area contributed by atoms with Gasteiger partial charge in [-0.05, 0) is 25.0 Å². The Morgan fingerprint density at radius 1 is 1.20 bits per heavy atom. The third-order valence-electron chi connectivity index (χ3n) is 4.15. The van der Waals surface area contributed by atoms with E-state index in [2.05, 4.69) is 15.6 Å². The summed E-state index contributed by atoms with van der Waals surface area (Å²) in [4.78, 5) is 27.4. The van der Waals surface area contributed by atoms with Crippen molar-refractivity contribution >= 4 is 23.0 Å². The molecule has 1 aromatic heterocycles. The zero-order chi connectivity index (χ0) is 18.0. The van der Waals surface area contributed by atoms with Crippen LogP contribution in [-0.2, 0) is 17.5 Å². The number of nitrogens with zero attached hydrogens (tertiary/aromatic N) is 2. The fraction of sp³-hybridized carbons (Fsp3) is 0.438. The molecular formula is C16H17F3N4O2. The molecule has 0 atom stereocenters. The fourth-order valence-electron chi connectivity index (χ4n) is 3.05. The van der Waals surface area contributed by atoms with Crippen molar-refractivity contribution in [3.05, 3.63) is 30.1 Å². The van der Waals surface area contributed by atoms with Crippen LogP contribution in [0.4, 0.5) is 18.0 Å². The highest BCUT2D eigenvalue weighted by Gasteiger charge is 2.38. The Kier molecular flexibility index (Phi) is 4.65. The molecule has 1 saturated carbocycles. The molecule has 1 fully saturated rings. The van der Waals surface area contributed by atoms with E-state index in [4.69, 9.17) is 0 Å². The van der Waals surface area contributed by atoms with Crippen LogP contribution in [-0.4, -0.2) is 27.5 Å². The predicted octanol–water partition coefficient (Wildman–Crippen LogP) is 2.82. The van der Waals surface area contributed by atoms with E-state index in [1.54, 1.807) is 12.1 Å². The van der Waals surface area contributed by atoms with E-state index >= 15 is 0 Å². The number of rotatable bonds is 3. The summed E-state index contributed by atoms with van der Waals surface area (Å²) in [6.45, 7) is -0.645. The van der Waals surface area contributed by atoms with E-state index in [9.17, 15) is 22.8 Å². The summed E-state index contributed by atoms with van der Waals surface area (Å²) in [6, 6.07) is 5.33. The molecule has 9 heteroatoms. The Balaban J connectivity index is 1.75. The van der Waals surface area contributed by atoms with Gasteiger partial charge in [0.1, 0.15) is 6.54 Å². The molecule has 2 aromatic rings. The van der Waals surface area contributed by atoms with E-state index in [-0.39, 0.29) is 17.1 Å². The summed E-state index contributed by atoms with van der Waals surface area (Å²) in [7, 11) is 0. The summed E-state index contributed by atoms with van der Waals surface area (Å²) in [5.41, 5.74) is 0.319. The summed E-state index contributed by atoms with van der Waals surface area (Å²) in [5.74, 6) is -2.00. The first-order valence-electron chi connectivity index (χ1n) is 7.97. The van der Waals surface area contributed by atoms with Crippen molar-refractivity contribution in [1.82, 2.24) is 20.2 Å². The number of nitrogens with one attached hydrogen (secondary N) is 2. The maximum absolute atomic E-state index is 13.2. The molecule has 0 aliphatic heterocycles. The number of para-hydroxylation sites is 2. The van der Waals surface area contributed by atoms with Gasteiger partial charge in [-0.1, -0.05) is 25.0 Å². The highest BCUT2D eigenvalue weighted by Crippen LogP contribution is 2.31. The van der Waals surface area contributed by atoms with Crippen molar-refractivity contribution in [3.8, 4) is 0 Å². The number of fused-ring (bicyclic) bond motifs is 1. The Bertz CT molecular complexity index is 794. The van der Waals surface area contributed by atoms with Crippen molar-refractivity contribution in [2.45, 2.75) is 44.4 Å². The molecule has 1 aromatic carbocycles. The van der Waals surface area contributed by atoms with Crippen LogP contribution >= 0.6 is 0 Å². The molecule has 1 heterocycles. The first-order chi connectivity index (χ1) is 11.8. The topological polar surface area (TPSA) is 76.0 Å². The Morgan fingerprint density at radius 2 is 1.88 bits per heavy atom. The molecule has 2 N–H and O–H groups in total. The number of carbonyl (C=O) groups excluding carboxylic acids is 2. The molecule has 3 amide bonds. The minimum atomic E-state index is -4.70. The van der Waals surface area contributed by atoms with Crippen LogP contribution in [0.5, 0.6) is 0 Å². The molecule has 134 valence electrons. The fourth-order valence-corrected chi connectivity index (χ4v) is 3.05. The standard InChI is InChI=1S/C16H17F3N4O2/c17-16(18,19)14-21-11-7-3-4-8-12(11)23(14)9-13(24)22-15(25)20-10-5-1-2-6-10/h3-4,7-8,10H,1-2,5-6,9H2,(H2,20,22,24,25). The van der Waals surface area contributed by atoms with Crippen LogP contribution in [0.2, 0.25) is 0 Å². The number of urea groups is 1. The van der Waals surface area contributed by atoms with Gasteiger partial charge in [-0.15, -0.1) is 0 Å². The lowest BCUT2D eigenvalue weighted by atomic mass is 10.2. The van der Waals surface area contributed by atoms with Gasteiger partial charge in [0.25, 0.3) is 0 Å². The number of carbonyl (C=O) groups is 2. The van der Waals surface area contributed by atoms with Crippen LogP contribution in [0.25, 0.3) is 11.0 Å². The third-order valence-corrected chi connectivity index (χ3v) is 4.15. The molecule has 25 heavy (non-hydrogen) atoms. The van der Waals surface area contributed by atoms with Crippen molar-refractivity contribution in [3.63, 3.8) is 0 Å². The van der Waals surface area contributed by atoms with Gasteiger partial charge in [-0.25, -0.2) is 9.78 Å². The van der Waals surface area contributed by atoms with E-state index in [0.29, 0.717) is 0 Å². The summed E-state index contributed by atoms with van der Waals surface area (Å²) >= 11 is 0. The van der Waals surface area contributed by atoms with Crippen LogP contribution in [0, 0.1) is 0 Å². The van der Waals surface area contributed by atoms with E-state index in [1.807, 2.05) is 0 Å². The van der Waals surface area contributed by atoms with Crippen molar-refractivity contribution in [2.75, 3.05) is 0 Å². The van der Waals surface area contributed by atoms with Gasteiger partial charge in [0.15, 0.2) is 0 Å². The summed E-state index contributed by atoms with van der Waals surface area (Å²) < 4.78 is 40.3. The van der Waals surface area contributed by atoms with Crippen molar-refractivity contribution in [1.29, 1.82) is 0 Å². The van der Waals surface area contributed by atoms with E-state index < -0.39 is 30.5 Å². The molecule has 0 spiro atoms. The van der Waals surface area contributed by atoms with Crippen molar-refractivity contribution in [2.24, 2.45) is 0 Å². The zero-order valence-electron chi connectivity index (χ0n) is 13.3. The van der Waals surface area contributed by atoms with Crippen LogP contribution in [0.15, 0.2) is 24.3 Å². The number of imidazole rings is 1. The highest BCUT2D eigenvalue weighted by molar-refractivity contribution is 5.95. The molecule has 0 unspecified atom stereocenters. The second-order valence-electron chi connectivity index (χ2n) is 6.01.